The van der Waals surface area contributed by atoms with Crippen LogP contribution < -0.4 is 0 Å². The van der Waals surface area contributed by atoms with Crippen LogP contribution in [0.1, 0.15) is 53.9 Å². The summed E-state index contributed by atoms with van der Waals surface area (Å²) in [7, 11) is 0. The summed E-state index contributed by atoms with van der Waals surface area (Å²) in [4.78, 5) is 38.0. The largest absolute Gasteiger partial charge is 0.457 e. The van der Waals surface area contributed by atoms with Crippen LogP contribution in [0.5, 0.6) is 0 Å². The van der Waals surface area contributed by atoms with Gasteiger partial charge in [-0.2, -0.15) is 0 Å². The second kappa shape index (κ2) is 15.0. The number of esters is 2. The zero-order valence-corrected chi connectivity index (χ0v) is 23.1. The highest BCUT2D eigenvalue weighted by molar-refractivity contribution is 5.70. The summed E-state index contributed by atoms with van der Waals surface area (Å²) >= 11 is 0. The normalized spacial score (nSPS) is 31.5. The average Bonchev–Trinajstić information content (AvgIpc) is 2.86. The number of ether oxygens (including phenoxy) is 4. The summed E-state index contributed by atoms with van der Waals surface area (Å²) in [6.45, 7) is 10.7. The summed E-state index contributed by atoms with van der Waals surface area (Å²) in [6.07, 6.45) is 6.04. The number of aliphatic hydroxyl groups excluding tert-OH is 1. The van der Waals surface area contributed by atoms with Crippen molar-refractivity contribution < 1.29 is 43.5 Å². The van der Waals surface area contributed by atoms with Crippen LogP contribution in [0, 0.1) is 11.8 Å². The van der Waals surface area contributed by atoms with Crippen molar-refractivity contribution in [3.05, 3.63) is 36.0 Å². The fourth-order valence-electron chi connectivity index (χ4n) is 4.22. The maximum Gasteiger partial charge on any atom is 0.409 e. The summed E-state index contributed by atoms with van der Waals surface area (Å²) in [5.74, 6) is -1.43. The van der Waals surface area contributed by atoms with Gasteiger partial charge >= 0.3 is 18.0 Å². The number of carbonyl (C=O) groups excluding carboxylic acids is 3. The van der Waals surface area contributed by atoms with E-state index in [1.165, 1.54) is 6.92 Å². The Bertz CT molecular complexity index is 889. The lowest BCUT2D eigenvalue weighted by atomic mass is 9.88. The Hall–Kier alpha value is -2.69. The van der Waals surface area contributed by atoms with E-state index in [9.17, 15) is 24.6 Å². The number of carbonyl (C=O) groups is 3. The Balaban J connectivity index is 2.10. The van der Waals surface area contributed by atoms with Gasteiger partial charge in [0.15, 0.2) is 0 Å². The SMILES string of the molecule is CC(=O)O[C@H]1/C=C\[C@H](C)[C@@H](/C(C)=C/C=C/[C@@H](C)COC(=O)N2CCOCC2)OC(=O)C[C@@H](O)CC[C@]1(C)O. The molecular weight excluding hydrogens is 494 g/mol. The number of rotatable bonds is 6. The lowest BCUT2D eigenvalue weighted by molar-refractivity contribution is -0.157. The van der Waals surface area contributed by atoms with Crippen molar-refractivity contribution in [1.82, 2.24) is 4.90 Å². The Morgan fingerprint density at radius 2 is 1.95 bits per heavy atom. The number of morpholine rings is 1. The van der Waals surface area contributed by atoms with E-state index in [2.05, 4.69) is 0 Å². The van der Waals surface area contributed by atoms with Crippen molar-refractivity contribution in [3.63, 3.8) is 0 Å². The van der Waals surface area contributed by atoms with Gasteiger partial charge in [0, 0.05) is 31.8 Å². The zero-order chi connectivity index (χ0) is 28.3. The third-order valence-corrected chi connectivity index (χ3v) is 6.60. The van der Waals surface area contributed by atoms with E-state index in [0.29, 0.717) is 26.3 Å². The number of hydrogen-bond donors (Lipinski definition) is 2. The van der Waals surface area contributed by atoms with E-state index in [0.717, 1.165) is 5.57 Å². The van der Waals surface area contributed by atoms with Gasteiger partial charge in [-0.1, -0.05) is 38.2 Å². The van der Waals surface area contributed by atoms with Crippen LogP contribution in [0.3, 0.4) is 0 Å². The van der Waals surface area contributed by atoms with E-state index in [-0.39, 0.29) is 43.8 Å². The van der Waals surface area contributed by atoms with Crippen LogP contribution in [0.2, 0.25) is 0 Å². The molecule has 1 fully saturated rings. The zero-order valence-electron chi connectivity index (χ0n) is 23.1. The maximum absolute atomic E-state index is 12.6. The molecule has 0 unspecified atom stereocenters. The minimum absolute atomic E-state index is 0.0397. The van der Waals surface area contributed by atoms with Gasteiger partial charge in [-0.25, -0.2) is 4.79 Å². The number of hydrogen-bond acceptors (Lipinski definition) is 9. The van der Waals surface area contributed by atoms with Gasteiger partial charge < -0.3 is 34.1 Å². The Kier molecular flexibility index (Phi) is 12.5. The molecule has 0 aromatic carbocycles. The number of nitrogens with zero attached hydrogens (tertiary/aromatic N) is 1. The fourth-order valence-corrected chi connectivity index (χ4v) is 4.22. The second-order valence-corrected chi connectivity index (χ2v) is 10.4. The molecule has 2 heterocycles. The van der Waals surface area contributed by atoms with E-state index in [1.54, 1.807) is 24.0 Å². The molecule has 10 heteroatoms. The molecule has 2 N–H and O–H groups in total. The van der Waals surface area contributed by atoms with Crippen molar-refractivity contribution in [2.24, 2.45) is 11.8 Å². The van der Waals surface area contributed by atoms with Gasteiger partial charge in [-0.05, 0) is 38.3 Å². The summed E-state index contributed by atoms with van der Waals surface area (Å²) < 4.78 is 21.7. The van der Waals surface area contributed by atoms with Crippen LogP contribution in [0.4, 0.5) is 4.79 Å². The lowest BCUT2D eigenvalue weighted by Gasteiger charge is -2.32. The molecule has 0 radical (unpaired) electrons. The van der Waals surface area contributed by atoms with Gasteiger partial charge in [0.1, 0.15) is 17.8 Å². The first-order chi connectivity index (χ1) is 17.9. The van der Waals surface area contributed by atoms with Crippen LogP contribution in [0.15, 0.2) is 36.0 Å². The molecule has 1 saturated heterocycles. The van der Waals surface area contributed by atoms with Gasteiger partial charge in [-0.3, -0.25) is 9.59 Å². The number of allylic oxidation sites excluding steroid dienone is 2. The predicted molar refractivity (Wildman–Crippen MR) is 140 cm³/mol. The Labute approximate surface area is 225 Å². The smallest absolute Gasteiger partial charge is 0.409 e. The number of aliphatic hydroxyl groups is 2. The highest BCUT2D eigenvalue weighted by Gasteiger charge is 2.35. The molecule has 2 aliphatic rings. The van der Waals surface area contributed by atoms with E-state index in [1.807, 2.05) is 39.0 Å². The van der Waals surface area contributed by atoms with Crippen molar-refractivity contribution in [2.75, 3.05) is 32.9 Å². The van der Waals surface area contributed by atoms with Crippen LogP contribution in [-0.2, 0) is 28.5 Å². The quantitative estimate of drug-likeness (QED) is 0.227. The molecule has 0 aliphatic carbocycles. The summed E-state index contributed by atoms with van der Waals surface area (Å²) in [6, 6.07) is 0. The van der Waals surface area contributed by atoms with E-state index in [4.69, 9.17) is 18.9 Å². The molecule has 10 nitrogen and oxygen atoms in total. The highest BCUT2D eigenvalue weighted by Crippen LogP contribution is 2.27. The van der Waals surface area contributed by atoms with Crippen molar-refractivity contribution in [2.45, 2.75) is 77.8 Å². The third kappa shape index (κ3) is 10.6. The molecule has 6 atom stereocenters. The molecule has 0 aromatic heterocycles. The van der Waals surface area contributed by atoms with E-state index >= 15 is 0 Å². The molecule has 38 heavy (non-hydrogen) atoms. The highest BCUT2D eigenvalue weighted by atomic mass is 16.6. The molecule has 214 valence electrons. The second-order valence-electron chi connectivity index (χ2n) is 10.4. The molecule has 0 aromatic rings. The maximum atomic E-state index is 12.6. The Morgan fingerprint density at radius 3 is 2.61 bits per heavy atom. The van der Waals surface area contributed by atoms with Crippen LogP contribution >= 0.6 is 0 Å². The summed E-state index contributed by atoms with van der Waals surface area (Å²) in [5, 5.41) is 21.2. The van der Waals surface area contributed by atoms with Crippen molar-refractivity contribution >= 4 is 18.0 Å². The number of amides is 1. The molecule has 2 rings (SSSR count). The minimum Gasteiger partial charge on any atom is -0.457 e. The van der Waals surface area contributed by atoms with Crippen LogP contribution in [0.25, 0.3) is 0 Å². The first-order valence-corrected chi connectivity index (χ1v) is 13.2. The molecule has 1 amide bonds. The average molecular weight is 538 g/mol. The van der Waals surface area contributed by atoms with Gasteiger partial charge in [0.05, 0.1) is 32.3 Å². The molecular formula is C28H43NO9. The molecule has 0 saturated carbocycles. The minimum atomic E-state index is -1.42. The third-order valence-electron chi connectivity index (χ3n) is 6.60. The van der Waals surface area contributed by atoms with Gasteiger partial charge in [0.25, 0.3) is 0 Å². The Morgan fingerprint density at radius 1 is 1.26 bits per heavy atom. The number of cyclic esters (lactones) is 1. The molecule has 2 aliphatic heterocycles. The van der Waals surface area contributed by atoms with E-state index < -0.39 is 35.9 Å². The monoisotopic (exact) mass is 537 g/mol. The predicted octanol–water partition coefficient (Wildman–Crippen LogP) is 2.93. The van der Waals surface area contributed by atoms with Crippen LogP contribution in [-0.4, -0.2) is 90.0 Å². The first kappa shape index (κ1) is 31.5. The topological polar surface area (TPSA) is 132 Å². The molecule has 0 bridgehead atoms. The van der Waals surface area contributed by atoms with Crippen molar-refractivity contribution in [3.8, 4) is 0 Å². The standard InChI is InChI=1S/C28H43NO9/c1-19(18-36-27(33)29-13-15-35-16-14-29)7-6-8-20(2)26-21(3)9-10-24(37-22(4)30)28(5,34)12-11-23(31)17-25(32)38-26/h6-10,19,21,23-24,26,31,34H,11-18H2,1-5H3/b7-6+,10-9-,20-8+/t19-,21+,23+,24+,26-,28+/m1/s1. The van der Waals surface area contributed by atoms with Gasteiger partial charge in [0.2, 0.25) is 0 Å². The molecule has 0 spiro atoms. The summed E-state index contributed by atoms with van der Waals surface area (Å²) in [5.41, 5.74) is -0.664. The fraction of sp³-hybridized carbons (Fsp3) is 0.679. The lowest BCUT2D eigenvalue weighted by Crippen LogP contribution is -2.42. The first-order valence-electron chi connectivity index (χ1n) is 13.2. The van der Waals surface area contributed by atoms with Crippen molar-refractivity contribution in [1.29, 1.82) is 0 Å². The van der Waals surface area contributed by atoms with Gasteiger partial charge in [-0.15, -0.1) is 0 Å².